The fraction of sp³-hybridized carbons (Fsp3) is 0.226. The van der Waals surface area contributed by atoms with E-state index in [9.17, 15) is 18.0 Å². The Morgan fingerprint density at radius 2 is 1.45 bits per heavy atom. The number of amides is 2. The first-order valence-electron chi connectivity index (χ1n) is 13.2. The van der Waals surface area contributed by atoms with Crippen LogP contribution < -0.4 is 14.5 Å². The van der Waals surface area contributed by atoms with Gasteiger partial charge in [0.25, 0.3) is 15.9 Å². The minimum Gasteiger partial charge on any atom is -0.383 e. The van der Waals surface area contributed by atoms with Gasteiger partial charge in [-0.15, -0.1) is 0 Å². The van der Waals surface area contributed by atoms with E-state index in [4.69, 9.17) is 4.74 Å². The third kappa shape index (κ3) is 4.41. The van der Waals surface area contributed by atoms with Crippen LogP contribution in [0.5, 0.6) is 0 Å². The summed E-state index contributed by atoms with van der Waals surface area (Å²) in [5.74, 6) is -0.738. The Morgan fingerprint density at radius 3 is 2.20 bits per heavy atom. The number of hydrogen-bond acceptors (Lipinski definition) is 5. The highest BCUT2D eigenvalue weighted by Crippen LogP contribution is 2.40. The summed E-state index contributed by atoms with van der Waals surface area (Å²) in [7, 11) is -2.58. The normalized spacial score (nSPS) is 18.0. The van der Waals surface area contributed by atoms with Gasteiger partial charge < -0.3 is 10.1 Å². The standard InChI is InChI=1S/C31H29N3O5S/c1-39-17-16-32-30(35)28-19-23-10-4-6-12-26(23)33(28)31(36)29-20-24-11-5-7-13-27(24)34(29)40(37,38)25-15-14-21-8-2-3-9-22(21)18-25/h2-15,18,28-29H,16-17,19-20H2,1H3,(H,32,35)/t28-,29-/m0/s1. The number of carbonyl (C=O) groups excluding carboxylic acids is 2. The summed E-state index contributed by atoms with van der Waals surface area (Å²) in [5, 5.41) is 4.56. The predicted molar refractivity (Wildman–Crippen MR) is 154 cm³/mol. The highest BCUT2D eigenvalue weighted by molar-refractivity contribution is 7.93. The minimum absolute atomic E-state index is 0.108. The van der Waals surface area contributed by atoms with Crippen molar-refractivity contribution >= 4 is 44.0 Å². The number of sulfonamides is 1. The molecule has 0 spiro atoms. The molecule has 4 aromatic rings. The van der Waals surface area contributed by atoms with Crippen LogP contribution in [0.3, 0.4) is 0 Å². The second-order valence-electron chi connectivity index (χ2n) is 10.00. The van der Waals surface area contributed by atoms with Crippen molar-refractivity contribution in [3.8, 4) is 0 Å². The van der Waals surface area contributed by atoms with Gasteiger partial charge in [0.2, 0.25) is 5.91 Å². The Kier molecular flexibility index (Phi) is 6.77. The van der Waals surface area contributed by atoms with Gasteiger partial charge in [-0.1, -0.05) is 66.7 Å². The number of methoxy groups -OCH3 is 1. The van der Waals surface area contributed by atoms with Crippen molar-refractivity contribution in [3.05, 3.63) is 102 Å². The number of hydrogen-bond donors (Lipinski definition) is 1. The highest BCUT2D eigenvalue weighted by atomic mass is 32.2. The molecular weight excluding hydrogens is 526 g/mol. The zero-order valence-electron chi connectivity index (χ0n) is 22.0. The molecule has 0 bridgehead atoms. The van der Waals surface area contributed by atoms with Gasteiger partial charge in [-0.05, 0) is 46.2 Å². The number of nitrogens with zero attached hydrogens (tertiary/aromatic N) is 2. The zero-order valence-corrected chi connectivity index (χ0v) is 22.8. The van der Waals surface area contributed by atoms with Crippen LogP contribution in [-0.2, 0) is 37.2 Å². The second-order valence-corrected chi connectivity index (χ2v) is 11.8. The third-order valence-corrected chi connectivity index (χ3v) is 9.43. The molecule has 8 nitrogen and oxygen atoms in total. The summed E-state index contributed by atoms with van der Waals surface area (Å²) in [5.41, 5.74) is 2.72. The molecular formula is C31H29N3O5S. The number of fused-ring (bicyclic) bond motifs is 3. The Hall–Kier alpha value is -4.21. The van der Waals surface area contributed by atoms with Crippen LogP contribution in [0.25, 0.3) is 10.8 Å². The van der Waals surface area contributed by atoms with Crippen molar-refractivity contribution in [3.63, 3.8) is 0 Å². The van der Waals surface area contributed by atoms with Gasteiger partial charge in [-0.2, -0.15) is 0 Å². The molecule has 0 aliphatic carbocycles. The summed E-state index contributed by atoms with van der Waals surface area (Å²) in [6.45, 7) is 0.649. The Labute approximate surface area is 233 Å². The monoisotopic (exact) mass is 555 g/mol. The topological polar surface area (TPSA) is 96.0 Å². The van der Waals surface area contributed by atoms with E-state index < -0.39 is 28.0 Å². The SMILES string of the molecule is COCCNC(=O)[C@@H]1Cc2ccccc2N1C(=O)[C@@H]1Cc2ccccc2N1S(=O)(=O)c1ccc2ccccc2c1. The minimum atomic E-state index is -4.13. The molecule has 0 unspecified atom stereocenters. The zero-order chi connectivity index (χ0) is 27.9. The summed E-state index contributed by atoms with van der Waals surface area (Å²) < 4.78 is 34.8. The number of benzene rings is 4. The lowest BCUT2D eigenvalue weighted by atomic mass is 10.1. The Balaban J connectivity index is 1.41. The fourth-order valence-corrected chi connectivity index (χ4v) is 7.39. The molecule has 40 heavy (non-hydrogen) atoms. The molecule has 1 N–H and O–H groups in total. The average Bonchev–Trinajstić information content (AvgIpc) is 3.56. The average molecular weight is 556 g/mol. The van der Waals surface area contributed by atoms with Crippen molar-refractivity contribution in [1.29, 1.82) is 0 Å². The van der Waals surface area contributed by atoms with E-state index in [2.05, 4.69) is 5.32 Å². The van der Waals surface area contributed by atoms with E-state index in [0.29, 0.717) is 30.9 Å². The van der Waals surface area contributed by atoms with Gasteiger partial charge in [-0.3, -0.25) is 18.8 Å². The highest BCUT2D eigenvalue weighted by Gasteiger charge is 2.48. The molecule has 204 valence electrons. The molecule has 6 rings (SSSR count). The molecule has 9 heteroatoms. The van der Waals surface area contributed by atoms with Crippen LogP contribution in [0.2, 0.25) is 0 Å². The van der Waals surface area contributed by atoms with Gasteiger partial charge in [0.05, 0.1) is 17.2 Å². The van der Waals surface area contributed by atoms with E-state index in [1.54, 1.807) is 43.5 Å². The van der Waals surface area contributed by atoms with Crippen LogP contribution >= 0.6 is 0 Å². The Bertz CT molecular complexity index is 1720. The van der Waals surface area contributed by atoms with Gasteiger partial charge in [0, 0.05) is 32.2 Å². The molecule has 2 amide bonds. The largest absolute Gasteiger partial charge is 0.383 e. The molecule has 2 aliphatic heterocycles. The van der Waals surface area contributed by atoms with E-state index >= 15 is 0 Å². The quantitative estimate of drug-likeness (QED) is 0.351. The molecule has 0 saturated carbocycles. The van der Waals surface area contributed by atoms with Crippen molar-refractivity contribution in [1.82, 2.24) is 5.32 Å². The number of para-hydroxylation sites is 2. The molecule has 2 atom stereocenters. The predicted octanol–water partition coefficient (Wildman–Crippen LogP) is 3.68. The van der Waals surface area contributed by atoms with Gasteiger partial charge in [0.1, 0.15) is 12.1 Å². The van der Waals surface area contributed by atoms with Crippen LogP contribution in [0, 0.1) is 0 Å². The Morgan fingerprint density at radius 1 is 0.825 bits per heavy atom. The first-order valence-corrected chi connectivity index (χ1v) is 14.6. The van der Waals surface area contributed by atoms with E-state index in [0.717, 1.165) is 21.9 Å². The first-order chi connectivity index (χ1) is 19.4. The summed E-state index contributed by atoms with van der Waals surface area (Å²) in [6, 6.07) is 25.3. The maximum atomic E-state index is 14.4. The molecule has 0 radical (unpaired) electrons. The molecule has 0 fully saturated rings. The summed E-state index contributed by atoms with van der Waals surface area (Å²) in [6.07, 6.45) is 0.552. The lowest BCUT2D eigenvalue weighted by Crippen LogP contribution is -2.55. The lowest BCUT2D eigenvalue weighted by molar-refractivity contribution is -0.126. The van der Waals surface area contributed by atoms with Crippen molar-refractivity contribution < 1.29 is 22.7 Å². The molecule has 2 aliphatic rings. The molecule has 4 aromatic carbocycles. The lowest BCUT2D eigenvalue weighted by Gasteiger charge is -2.32. The maximum absolute atomic E-state index is 14.4. The van der Waals surface area contributed by atoms with Crippen molar-refractivity contribution in [2.75, 3.05) is 29.5 Å². The van der Waals surface area contributed by atoms with Crippen LogP contribution in [-0.4, -0.2) is 52.6 Å². The summed E-state index contributed by atoms with van der Waals surface area (Å²) >= 11 is 0. The number of ether oxygens (including phenoxy) is 1. The smallest absolute Gasteiger partial charge is 0.265 e. The third-order valence-electron chi connectivity index (χ3n) is 7.61. The molecule has 0 aromatic heterocycles. The van der Waals surface area contributed by atoms with Crippen LogP contribution in [0.15, 0.2) is 95.9 Å². The fourth-order valence-electron chi connectivity index (χ4n) is 5.71. The van der Waals surface area contributed by atoms with Crippen molar-refractivity contribution in [2.24, 2.45) is 0 Å². The van der Waals surface area contributed by atoms with Gasteiger partial charge in [-0.25, -0.2) is 8.42 Å². The molecule has 0 saturated heterocycles. The van der Waals surface area contributed by atoms with Crippen molar-refractivity contribution in [2.45, 2.75) is 29.8 Å². The van der Waals surface area contributed by atoms with E-state index in [1.165, 1.54) is 9.21 Å². The summed E-state index contributed by atoms with van der Waals surface area (Å²) in [4.78, 5) is 29.3. The van der Waals surface area contributed by atoms with Crippen LogP contribution in [0.1, 0.15) is 11.1 Å². The second kappa shape index (κ2) is 10.4. The number of rotatable bonds is 7. The van der Waals surface area contributed by atoms with Crippen LogP contribution in [0.4, 0.5) is 11.4 Å². The van der Waals surface area contributed by atoms with Gasteiger partial charge in [0.15, 0.2) is 0 Å². The number of anilines is 2. The number of carbonyl (C=O) groups is 2. The van der Waals surface area contributed by atoms with E-state index in [1.807, 2.05) is 54.6 Å². The molecule has 2 heterocycles. The number of nitrogens with one attached hydrogen (secondary N) is 1. The maximum Gasteiger partial charge on any atom is 0.265 e. The first kappa shape index (κ1) is 26.0. The van der Waals surface area contributed by atoms with E-state index in [-0.39, 0.29) is 17.2 Å². The van der Waals surface area contributed by atoms with Gasteiger partial charge >= 0.3 is 0 Å².